The summed E-state index contributed by atoms with van der Waals surface area (Å²) in [6.07, 6.45) is 3.60. The first-order valence-corrected chi connectivity index (χ1v) is 6.88. The Morgan fingerprint density at radius 1 is 1.42 bits per heavy atom. The topological polar surface area (TPSA) is 50.2 Å². The molecule has 108 valence electrons. The van der Waals surface area contributed by atoms with Crippen LogP contribution in [0.4, 0.5) is 0 Å². The molecule has 0 aliphatic heterocycles. The Bertz CT molecular complexity index is 398. The fraction of sp³-hybridized carbons (Fsp3) is 0.714. The fourth-order valence-electron chi connectivity index (χ4n) is 1.67. The Morgan fingerprint density at radius 2 is 2.11 bits per heavy atom. The van der Waals surface area contributed by atoms with Gasteiger partial charge in [0.15, 0.2) is 0 Å². The van der Waals surface area contributed by atoms with E-state index in [1.807, 2.05) is 31.7 Å². The van der Waals surface area contributed by atoms with Crippen molar-refractivity contribution in [2.75, 3.05) is 13.6 Å². The van der Waals surface area contributed by atoms with E-state index in [0.29, 0.717) is 19.0 Å². The normalized spacial score (nSPS) is 11.3. The summed E-state index contributed by atoms with van der Waals surface area (Å²) in [5.41, 5.74) is 0. The van der Waals surface area contributed by atoms with Gasteiger partial charge in [-0.25, -0.2) is 4.98 Å². The molecule has 1 N–H and O–H groups in total. The van der Waals surface area contributed by atoms with Gasteiger partial charge in [-0.2, -0.15) is 0 Å². The average Bonchev–Trinajstić information content (AvgIpc) is 2.75. The maximum atomic E-state index is 12.0. The number of hydrogen-bond donors (Lipinski definition) is 1. The lowest BCUT2D eigenvalue weighted by Crippen LogP contribution is -2.36. The predicted molar refractivity (Wildman–Crippen MR) is 76.7 cm³/mol. The van der Waals surface area contributed by atoms with Crippen molar-refractivity contribution in [3.63, 3.8) is 0 Å². The van der Waals surface area contributed by atoms with Crippen LogP contribution in [-0.2, 0) is 17.9 Å². The van der Waals surface area contributed by atoms with Gasteiger partial charge in [-0.3, -0.25) is 4.79 Å². The summed E-state index contributed by atoms with van der Waals surface area (Å²) in [6.45, 7) is 10.4. The third-order valence-electron chi connectivity index (χ3n) is 3.11. The highest BCUT2D eigenvalue weighted by molar-refractivity contribution is 5.76. The number of likely N-dealkylation sites (N-methyl/N-ethyl adjacent to an activating group) is 1. The maximum Gasteiger partial charge on any atom is 0.242 e. The van der Waals surface area contributed by atoms with Gasteiger partial charge in [0.1, 0.15) is 12.4 Å². The van der Waals surface area contributed by atoms with Crippen LogP contribution in [0.1, 0.15) is 33.5 Å². The van der Waals surface area contributed by atoms with Crippen molar-refractivity contribution in [1.82, 2.24) is 19.8 Å². The quantitative estimate of drug-likeness (QED) is 0.813. The van der Waals surface area contributed by atoms with Crippen molar-refractivity contribution in [3.8, 4) is 0 Å². The summed E-state index contributed by atoms with van der Waals surface area (Å²) >= 11 is 0. The van der Waals surface area contributed by atoms with Gasteiger partial charge >= 0.3 is 0 Å². The number of aromatic nitrogens is 2. The van der Waals surface area contributed by atoms with Gasteiger partial charge in [0, 0.05) is 25.5 Å². The van der Waals surface area contributed by atoms with Gasteiger partial charge in [0.2, 0.25) is 5.91 Å². The van der Waals surface area contributed by atoms with E-state index in [1.165, 1.54) is 0 Å². The minimum Gasteiger partial charge on any atom is -0.342 e. The van der Waals surface area contributed by atoms with Crippen LogP contribution in [0.5, 0.6) is 0 Å². The Morgan fingerprint density at radius 3 is 2.68 bits per heavy atom. The van der Waals surface area contributed by atoms with Gasteiger partial charge in [-0.1, -0.05) is 13.8 Å². The fourth-order valence-corrected chi connectivity index (χ4v) is 1.67. The number of hydrogen-bond acceptors (Lipinski definition) is 3. The van der Waals surface area contributed by atoms with Gasteiger partial charge in [0.25, 0.3) is 0 Å². The largest absolute Gasteiger partial charge is 0.342 e. The lowest BCUT2D eigenvalue weighted by Gasteiger charge is -2.22. The van der Waals surface area contributed by atoms with Crippen molar-refractivity contribution >= 4 is 5.91 Å². The van der Waals surface area contributed by atoms with Gasteiger partial charge in [0.05, 0.1) is 6.54 Å². The molecule has 19 heavy (non-hydrogen) atoms. The predicted octanol–water partition coefficient (Wildman–Crippen LogP) is 1.50. The van der Waals surface area contributed by atoms with Crippen LogP contribution < -0.4 is 5.32 Å². The highest BCUT2D eigenvalue weighted by atomic mass is 16.2. The molecule has 1 aromatic heterocycles. The van der Waals surface area contributed by atoms with E-state index >= 15 is 0 Å². The first-order valence-electron chi connectivity index (χ1n) is 6.88. The molecular formula is C14H26N4O. The van der Waals surface area contributed by atoms with E-state index in [9.17, 15) is 4.79 Å². The summed E-state index contributed by atoms with van der Waals surface area (Å²) < 4.78 is 1.91. The second-order valence-corrected chi connectivity index (χ2v) is 5.59. The van der Waals surface area contributed by atoms with Crippen molar-refractivity contribution < 1.29 is 4.79 Å². The zero-order chi connectivity index (χ0) is 14.4. The van der Waals surface area contributed by atoms with E-state index < -0.39 is 0 Å². The molecule has 0 unspecified atom stereocenters. The molecule has 0 spiro atoms. The zero-order valence-corrected chi connectivity index (χ0v) is 12.7. The molecule has 1 heterocycles. The van der Waals surface area contributed by atoms with Crippen molar-refractivity contribution in [3.05, 3.63) is 18.2 Å². The lowest BCUT2D eigenvalue weighted by molar-refractivity contribution is -0.132. The molecular weight excluding hydrogens is 240 g/mol. The third-order valence-corrected chi connectivity index (χ3v) is 3.11. The van der Waals surface area contributed by atoms with E-state index in [1.54, 1.807) is 11.1 Å². The van der Waals surface area contributed by atoms with Gasteiger partial charge < -0.3 is 14.8 Å². The molecule has 0 aromatic carbocycles. The molecule has 1 amide bonds. The Kier molecular flexibility index (Phi) is 6.02. The number of rotatable bonds is 7. The monoisotopic (exact) mass is 266 g/mol. The van der Waals surface area contributed by atoms with Crippen LogP contribution in [0, 0.1) is 5.92 Å². The molecule has 0 bridgehead atoms. The summed E-state index contributed by atoms with van der Waals surface area (Å²) in [5.74, 6) is 1.63. The van der Waals surface area contributed by atoms with Crippen LogP contribution in [0.2, 0.25) is 0 Å². The Labute approximate surface area is 116 Å². The number of amides is 1. The minimum atomic E-state index is 0.109. The first-order chi connectivity index (χ1) is 8.91. The maximum absolute atomic E-state index is 12.0. The number of carbonyl (C=O) groups excluding carboxylic acids is 1. The number of imidazole rings is 1. The summed E-state index contributed by atoms with van der Waals surface area (Å²) in [7, 11) is 1.83. The highest BCUT2D eigenvalue weighted by Gasteiger charge is 2.14. The van der Waals surface area contributed by atoms with E-state index in [4.69, 9.17) is 0 Å². The van der Waals surface area contributed by atoms with Crippen molar-refractivity contribution in [2.24, 2.45) is 5.92 Å². The van der Waals surface area contributed by atoms with Crippen molar-refractivity contribution in [1.29, 1.82) is 0 Å². The van der Waals surface area contributed by atoms with Crippen LogP contribution in [0.15, 0.2) is 12.4 Å². The Balaban J connectivity index is 2.55. The molecule has 0 saturated heterocycles. The second kappa shape index (κ2) is 7.28. The SMILES string of the molecule is CC(C)CNCc1nccn1CC(=O)N(C)C(C)C. The molecule has 0 atom stereocenters. The highest BCUT2D eigenvalue weighted by Crippen LogP contribution is 2.02. The van der Waals surface area contributed by atoms with Crippen LogP contribution in [0.3, 0.4) is 0 Å². The van der Waals surface area contributed by atoms with E-state index in [-0.39, 0.29) is 11.9 Å². The summed E-state index contributed by atoms with van der Waals surface area (Å²) in [4.78, 5) is 18.1. The van der Waals surface area contributed by atoms with Gasteiger partial charge in [-0.15, -0.1) is 0 Å². The summed E-state index contributed by atoms with van der Waals surface area (Å²) in [6, 6.07) is 0.221. The van der Waals surface area contributed by atoms with E-state index in [2.05, 4.69) is 24.1 Å². The third kappa shape index (κ3) is 5.03. The molecule has 0 aliphatic rings. The molecule has 0 saturated carbocycles. The summed E-state index contributed by atoms with van der Waals surface area (Å²) in [5, 5.41) is 3.34. The standard InChI is InChI=1S/C14H26N4O/c1-11(2)8-15-9-13-16-6-7-18(13)10-14(19)17(5)12(3)4/h6-7,11-12,15H,8-10H2,1-5H3. The van der Waals surface area contributed by atoms with E-state index in [0.717, 1.165) is 12.4 Å². The van der Waals surface area contributed by atoms with Crippen LogP contribution in [-0.4, -0.2) is 40.0 Å². The smallest absolute Gasteiger partial charge is 0.242 e. The lowest BCUT2D eigenvalue weighted by atomic mass is 10.2. The number of carbonyl (C=O) groups is 1. The molecule has 5 nitrogen and oxygen atoms in total. The molecule has 1 rings (SSSR count). The van der Waals surface area contributed by atoms with Crippen LogP contribution in [0.25, 0.3) is 0 Å². The average molecular weight is 266 g/mol. The number of nitrogens with zero attached hydrogens (tertiary/aromatic N) is 3. The number of nitrogens with one attached hydrogen (secondary N) is 1. The Hall–Kier alpha value is -1.36. The van der Waals surface area contributed by atoms with Crippen LogP contribution >= 0.6 is 0 Å². The molecule has 0 fully saturated rings. The molecule has 5 heteroatoms. The first kappa shape index (κ1) is 15.7. The van der Waals surface area contributed by atoms with Crippen molar-refractivity contribution in [2.45, 2.75) is 46.8 Å². The zero-order valence-electron chi connectivity index (χ0n) is 12.7. The second-order valence-electron chi connectivity index (χ2n) is 5.59. The minimum absolute atomic E-state index is 0.109. The van der Waals surface area contributed by atoms with Gasteiger partial charge in [-0.05, 0) is 26.3 Å². The molecule has 0 radical (unpaired) electrons. The molecule has 0 aliphatic carbocycles. The molecule has 1 aromatic rings.